The second-order valence-electron chi connectivity index (χ2n) is 14.8. The standard InChI is InChI=1S/C28H60O4Si/c1-21(25(5,6)7)17-29-33(30-18-22(2)26(8,9)10,31-19-23(3)27(11,12)13)32-20-24(4)28(14,15)16/h21-24H,17-20H2,1-16H3. The van der Waals surface area contributed by atoms with Crippen LogP contribution >= 0.6 is 0 Å². The van der Waals surface area contributed by atoms with Crippen LogP contribution in [-0.2, 0) is 17.7 Å². The van der Waals surface area contributed by atoms with Crippen LogP contribution < -0.4 is 0 Å². The van der Waals surface area contributed by atoms with Crippen LogP contribution in [0.25, 0.3) is 0 Å². The molecule has 0 amide bonds. The van der Waals surface area contributed by atoms with E-state index in [2.05, 4.69) is 111 Å². The van der Waals surface area contributed by atoms with E-state index in [0.717, 1.165) is 0 Å². The maximum atomic E-state index is 6.58. The first-order chi connectivity index (χ1) is 14.5. The Labute approximate surface area is 209 Å². The summed E-state index contributed by atoms with van der Waals surface area (Å²) in [5, 5.41) is 0. The van der Waals surface area contributed by atoms with Crippen molar-refractivity contribution in [2.24, 2.45) is 45.3 Å². The molecule has 0 bridgehead atoms. The molecule has 0 radical (unpaired) electrons. The van der Waals surface area contributed by atoms with Gasteiger partial charge in [0.2, 0.25) is 0 Å². The molecule has 0 rings (SSSR count). The molecule has 33 heavy (non-hydrogen) atoms. The van der Waals surface area contributed by atoms with Crippen molar-refractivity contribution >= 4 is 9.05 Å². The fourth-order valence-electron chi connectivity index (χ4n) is 2.16. The zero-order valence-electron chi connectivity index (χ0n) is 25.3. The summed E-state index contributed by atoms with van der Waals surface area (Å²) in [5.41, 5.74) is 0.541. The van der Waals surface area contributed by atoms with Gasteiger partial charge in [0.25, 0.3) is 0 Å². The lowest BCUT2D eigenvalue weighted by atomic mass is 9.83. The van der Waals surface area contributed by atoms with E-state index in [1.807, 2.05) is 0 Å². The maximum absolute atomic E-state index is 6.58. The molecule has 0 aromatic heterocycles. The molecule has 5 heteroatoms. The van der Waals surface area contributed by atoms with Crippen molar-refractivity contribution in [3.8, 4) is 0 Å². The molecular formula is C28H60O4Si. The molecule has 0 heterocycles. The molecule has 0 aliphatic heterocycles. The van der Waals surface area contributed by atoms with Crippen molar-refractivity contribution in [1.82, 2.24) is 0 Å². The lowest BCUT2D eigenvalue weighted by Gasteiger charge is -2.38. The molecule has 0 saturated carbocycles. The summed E-state index contributed by atoms with van der Waals surface area (Å²) in [7, 11) is -3.36. The van der Waals surface area contributed by atoms with E-state index >= 15 is 0 Å². The van der Waals surface area contributed by atoms with Gasteiger partial charge in [-0.15, -0.1) is 0 Å². The lowest BCUT2D eigenvalue weighted by molar-refractivity contribution is -0.0745. The van der Waals surface area contributed by atoms with Gasteiger partial charge >= 0.3 is 9.05 Å². The molecule has 4 atom stereocenters. The highest BCUT2D eigenvalue weighted by molar-refractivity contribution is 6.53. The van der Waals surface area contributed by atoms with Crippen LogP contribution in [0.5, 0.6) is 0 Å². The number of rotatable bonds is 12. The highest BCUT2D eigenvalue weighted by atomic mass is 28.4. The van der Waals surface area contributed by atoms with E-state index in [9.17, 15) is 0 Å². The predicted octanol–water partition coefficient (Wildman–Crippen LogP) is 8.22. The van der Waals surface area contributed by atoms with Gasteiger partial charge in [-0.3, -0.25) is 0 Å². The van der Waals surface area contributed by atoms with E-state index in [1.165, 1.54) is 0 Å². The first kappa shape index (κ1) is 33.1. The molecule has 0 saturated heterocycles. The van der Waals surface area contributed by atoms with Gasteiger partial charge in [0.1, 0.15) is 0 Å². The van der Waals surface area contributed by atoms with Gasteiger partial charge in [-0.1, -0.05) is 111 Å². The van der Waals surface area contributed by atoms with Gasteiger partial charge in [0, 0.05) is 26.4 Å². The van der Waals surface area contributed by atoms with Crippen molar-refractivity contribution in [2.75, 3.05) is 26.4 Å². The average Bonchev–Trinajstić information content (AvgIpc) is 2.62. The van der Waals surface area contributed by atoms with Crippen LogP contribution in [0, 0.1) is 45.3 Å². The predicted molar refractivity (Wildman–Crippen MR) is 144 cm³/mol. The lowest BCUT2D eigenvalue weighted by Crippen LogP contribution is -2.53. The smallest absolute Gasteiger partial charge is 0.351 e. The van der Waals surface area contributed by atoms with Gasteiger partial charge in [-0.05, 0) is 45.3 Å². The second kappa shape index (κ2) is 12.3. The van der Waals surface area contributed by atoms with E-state index in [-0.39, 0.29) is 21.7 Å². The summed E-state index contributed by atoms with van der Waals surface area (Å²) in [5.74, 6) is 1.39. The first-order valence-corrected chi connectivity index (χ1v) is 14.7. The molecular weight excluding hydrogens is 428 g/mol. The Bertz CT molecular complexity index is 447. The van der Waals surface area contributed by atoms with E-state index in [1.54, 1.807) is 0 Å². The average molecular weight is 489 g/mol. The monoisotopic (exact) mass is 488 g/mol. The zero-order valence-corrected chi connectivity index (χ0v) is 26.3. The van der Waals surface area contributed by atoms with Crippen molar-refractivity contribution in [3.63, 3.8) is 0 Å². The van der Waals surface area contributed by atoms with Crippen molar-refractivity contribution < 1.29 is 17.7 Å². The number of hydrogen-bond donors (Lipinski definition) is 0. The van der Waals surface area contributed by atoms with Crippen LogP contribution in [-0.4, -0.2) is 35.5 Å². The minimum Gasteiger partial charge on any atom is -0.351 e. The summed E-state index contributed by atoms with van der Waals surface area (Å²) >= 11 is 0. The highest BCUT2D eigenvalue weighted by Gasteiger charge is 2.49. The Kier molecular flexibility index (Phi) is 12.4. The largest absolute Gasteiger partial charge is 0.679 e. The molecule has 0 aliphatic carbocycles. The number of hydrogen-bond acceptors (Lipinski definition) is 4. The molecule has 200 valence electrons. The fourth-order valence-corrected chi connectivity index (χ4v) is 4.47. The van der Waals surface area contributed by atoms with E-state index in [4.69, 9.17) is 17.7 Å². The van der Waals surface area contributed by atoms with E-state index < -0.39 is 9.05 Å². The van der Waals surface area contributed by atoms with Gasteiger partial charge in [0.15, 0.2) is 0 Å². The Hall–Kier alpha value is 0.0569. The molecule has 0 fully saturated rings. The quantitative estimate of drug-likeness (QED) is 0.259. The van der Waals surface area contributed by atoms with Gasteiger partial charge < -0.3 is 17.7 Å². The third-order valence-corrected chi connectivity index (χ3v) is 10.0. The van der Waals surface area contributed by atoms with Crippen molar-refractivity contribution in [2.45, 2.75) is 111 Å². The third-order valence-electron chi connectivity index (χ3n) is 7.95. The zero-order chi connectivity index (χ0) is 26.5. The first-order valence-electron chi connectivity index (χ1n) is 13.1. The Morgan fingerprint density at radius 1 is 0.394 bits per heavy atom. The van der Waals surface area contributed by atoms with Crippen molar-refractivity contribution in [1.29, 1.82) is 0 Å². The van der Waals surface area contributed by atoms with E-state index in [0.29, 0.717) is 50.1 Å². The van der Waals surface area contributed by atoms with Crippen LogP contribution in [0.1, 0.15) is 111 Å². The van der Waals surface area contributed by atoms with Crippen LogP contribution in [0.2, 0.25) is 0 Å². The molecule has 0 aromatic carbocycles. The molecule has 0 spiro atoms. The SMILES string of the molecule is CC(CO[Si](OCC(C)C(C)(C)C)(OCC(C)C(C)(C)C)OCC(C)C(C)(C)C)C(C)(C)C. The molecule has 0 aliphatic rings. The van der Waals surface area contributed by atoms with Gasteiger partial charge in [0.05, 0.1) is 0 Å². The Balaban J connectivity index is 5.90. The summed E-state index contributed by atoms with van der Waals surface area (Å²) in [6, 6.07) is 0. The van der Waals surface area contributed by atoms with Gasteiger partial charge in [-0.25, -0.2) is 0 Å². The van der Waals surface area contributed by atoms with Crippen molar-refractivity contribution in [3.05, 3.63) is 0 Å². The summed E-state index contributed by atoms with van der Waals surface area (Å²) in [4.78, 5) is 0. The topological polar surface area (TPSA) is 36.9 Å². The van der Waals surface area contributed by atoms with Gasteiger partial charge in [-0.2, -0.15) is 0 Å². The summed E-state index contributed by atoms with van der Waals surface area (Å²) in [6.45, 7) is 38.1. The molecule has 0 aromatic rings. The highest BCUT2D eigenvalue weighted by Crippen LogP contribution is 2.33. The molecule has 0 N–H and O–H groups in total. The summed E-state index contributed by atoms with van der Waals surface area (Å²) in [6.07, 6.45) is 0. The Morgan fingerprint density at radius 2 is 0.545 bits per heavy atom. The normalized spacial score (nSPS) is 19.6. The van der Waals surface area contributed by atoms with Crippen LogP contribution in [0.4, 0.5) is 0 Å². The maximum Gasteiger partial charge on any atom is 0.679 e. The Morgan fingerprint density at radius 3 is 0.667 bits per heavy atom. The fraction of sp³-hybridized carbons (Fsp3) is 1.00. The molecule has 4 unspecified atom stereocenters. The summed E-state index contributed by atoms with van der Waals surface area (Å²) < 4.78 is 26.3. The second-order valence-corrected chi connectivity index (χ2v) is 17.0. The third kappa shape index (κ3) is 12.5. The van der Waals surface area contributed by atoms with Crippen LogP contribution in [0.3, 0.4) is 0 Å². The minimum atomic E-state index is -3.36. The minimum absolute atomic E-state index is 0.135. The molecule has 4 nitrogen and oxygen atoms in total. The van der Waals surface area contributed by atoms with Crippen LogP contribution in [0.15, 0.2) is 0 Å².